The van der Waals surface area contributed by atoms with E-state index in [9.17, 15) is 0 Å². The smallest absolute Gasteiger partial charge is 0.0915 e. The molecule has 0 bridgehead atoms. The van der Waals surface area contributed by atoms with Gasteiger partial charge in [-0.2, -0.15) is 8.75 Å². The third-order valence-electron chi connectivity index (χ3n) is 2.21. The van der Waals surface area contributed by atoms with Gasteiger partial charge in [-0.3, -0.25) is 0 Å². The Labute approximate surface area is 111 Å². The quantitative estimate of drug-likeness (QED) is 0.919. The lowest BCUT2D eigenvalue weighted by Crippen LogP contribution is -2.22. The molecule has 2 heterocycles. The standard InChI is InChI=1S/C10H12BrN3S2/c1-2-12-9(10-5-13-16-14-10)4-8-3-7(11)6-15-8/h3,5-6,9,12H,2,4H2,1H3. The molecule has 86 valence electrons. The van der Waals surface area contributed by atoms with Gasteiger partial charge >= 0.3 is 0 Å². The van der Waals surface area contributed by atoms with Crippen LogP contribution in [0.1, 0.15) is 23.5 Å². The zero-order valence-corrected chi connectivity index (χ0v) is 12.0. The summed E-state index contributed by atoms with van der Waals surface area (Å²) >= 11 is 6.51. The van der Waals surface area contributed by atoms with E-state index in [-0.39, 0.29) is 6.04 Å². The molecule has 1 N–H and O–H groups in total. The second-order valence-corrected chi connectivity index (χ2v) is 5.85. The van der Waals surface area contributed by atoms with Crippen LogP contribution in [-0.4, -0.2) is 15.3 Å². The fourth-order valence-corrected chi connectivity index (χ4v) is 3.48. The molecular weight excluding hydrogens is 306 g/mol. The number of hydrogen-bond donors (Lipinski definition) is 1. The van der Waals surface area contributed by atoms with Gasteiger partial charge < -0.3 is 5.32 Å². The minimum absolute atomic E-state index is 0.272. The molecule has 0 aliphatic heterocycles. The third-order valence-corrected chi connectivity index (χ3v) is 4.43. The van der Waals surface area contributed by atoms with Crippen LogP contribution in [0.5, 0.6) is 0 Å². The average molecular weight is 318 g/mol. The van der Waals surface area contributed by atoms with Crippen molar-refractivity contribution in [3.05, 3.63) is 32.7 Å². The molecule has 2 aromatic heterocycles. The van der Waals surface area contributed by atoms with Crippen molar-refractivity contribution in [3.8, 4) is 0 Å². The Bertz CT molecular complexity index is 427. The number of hydrogen-bond acceptors (Lipinski definition) is 5. The first kappa shape index (κ1) is 12.2. The van der Waals surface area contributed by atoms with Gasteiger partial charge in [-0.25, -0.2) is 0 Å². The summed E-state index contributed by atoms with van der Waals surface area (Å²) in [6, 6.07) is 2.43. The van der Waals surface area contributed by atoms with E-state index in [1.807, 2.05) is 6.20 Å². The minimum Gasteiger partial charge on any atom is -0.309 e. The topological polar surface area (TPSA) is 37.8 Å². The summed E-state index contributed by atoms with van der Waals surface area (Å²) < 4.78 is 9.51. The molecule has 0 saturated heterocycles. The molecule has 1 unspecified atom stereocenters. The van der Waals surface area contributed by atoms with E-state index in [0.29, 0.717) is 0 Å². The third kappa shape index (κ3) is 3.10. The first-order valence-electron chi connectivity index (χ1n) is 5.03. The Balaban J connectivity index is 2.09. The number of halogens is 1. The van der Waals surface area contributed by atoms with Gasteiger partial charge in [-0.15, -0.1) is 11.3 Å². The highest BCUT2D eigenvalue weighted by atomic mass is 79.9. The van der Waals surface area contributed by atoms with Crippen LogP contribution in [0.2, 0.25) is 0 Å². The van der Waals surface area contributed by atoms with Crippen molar-refractivity contribution in [1.29, 1.82) is 0 Å². The Morgan fingerprint density at radius 2 is 2.44 bits per heavy atom. The van der Waals surface area contributed by atoms with Crippen molar-refractivity contribution in [2.75, 3.05) is 6.54 Å². The number of nitrogens with one attached hydrogen (secondary N) is 1. The summed E-state index contributed by atoms with van der Waals surface area (Å²) in [7, 11) is 0. The molecule has 0 saturated carbocycles. The zero-order chi connectivity index (χ0) is 11.4. The van der Waals surface area contributed by atoms with Crippen LogP contribution < -0.4 is 5.32 Å². The van der Waals surface area contributed by atoms with E-state index >= 15 is 0 Å². The Kier molecular flexibility index (Phi) is 4.45. The highest BCUT2D eigenvalue weighted by Crippen LogP contribution is 2.25. The Morgan fingerprint density at radius 1 is 1.56 bits per heavy atom. The van der Waals surface area contributed by atoms with Crippen LogP contribution in [-0.2, 0) is 6.42 Å². The van der Waals surface area contributed by atoms with Crippen LogP contribution in [0.4, 0.5) is 0 Å². The summed E-state index contributed by atoms with van der Waals surface area (Å²) in [5, 5.41) is 5.55. The van der Waals surface area contributed by atoms with Crippen LogP contribution in [0, 0.1) is 0 Å². The van der Waals surface area contributed by atoms with Crippen molar-refractivity contribution < 1.29 is 0 Å². The van der Waals surface area contributed by atoms with Crippen molar-refractivity contribution in [2.24, 2.45) is 0 Å². The van der Waals surface area contributed by atoms with Gasteiger partial charge in [0.05, 0.1) is 29.7 Å². The van der Waals surface area contributed by atoms with Crippen LogP contribution >= 0.6 is 39.0 Å². The van der Waals surface area contributed by atoms with Gasteiger partial charge in [0, 0.05) is 21.2 Å². The summed E-state index contributed by atoms with van der Waals surface area (Å²) in [6.45, 7) is 3.05. The molecule has 0 fully saturated rings. The summed E-state index contributed by atoms with van der Waals surface area (Å²) in [5.74, 6) is 0. The lowest BCUT2D eigenvalue weighted by atomic mass is 10.1. The zero-order valence-electron chi connectivity index (χ0n) is 8.81. The maximum absolute atomic E-state index is 4.30. The SMILES string of the molecule is CCNC(Cc1cc(Br)cs1)c1cnsn1. The van der Waals surface area contributed by atoms with Crippen LogP contribution in [0.25, 0.3) is 0 Å². The van der Waals surface area contributed by atoms with Gasteiger partial charge in [-0.05, 0) is 28.5 Å². The number of aromatic nitrogens is 2. The molecule has 6 heteroatoms. The van der Waals surface area contributed by atoms with E-state index in [1.54, 1.807) is 11.3 Å². The van der Waals surface area contributed by atoms with Gasteiger partial charge in [-0.1, -0.05) is 6.92 Å². The summed E-state index contributed by atoms with van der Waals surface area (Å²) in [6.07, 6.45) is 2.82. The number of rotatable bonds is 5. The van der Waals surface area contributed by atoms with E-state index in [1.165, 1.54) is 16.6 Å². The van der Waals surface area contributed by atoms with Crippen LogP contribution in [0.15, 0.2) is 22.1 Å². The molecule has 0 aromatic carbocycles. The molecule has 2 aromatic rings. The summed E-state index contributed by atoms with van der Waals surface area (Å²) in [5.41, 5.74) is 1.04. The average Bonchev–Trinajstić information content (AvgIpc) is 2.88. The molecular formula is C10H12BrN3S2. The molecule has 16 heavy (non-hydrogen) atoms. The van der Waals surface area contributed by atoms with Crippen molar-refractivity contribution in [1.82, 2.24) is 14.1 Å². The summed E-state index contributed by atoms with van der Waals surface area (Å²) in [4.78, 5) is 1.35. The fraction of sp³-hybridized carbons (Fsp3) is 0.400. The second kappa shape index (κ2) is 5.86. The van der Waals surface area contributed by atoms with Gasteiger partial charge in [0.25, 0.3) is 0 Å². The highest BCUT2D eigenvalue weighted by Gasteiger charge is 2.14. The van der Waals surface area contributed by atoms with Crippen molar-refractivity contribution in [2.45, 2.75) is 19.4 Å². The molecule has 0 spiro atoms. The Morgan fingerprint density at radius 3 is 3.00 bits per heavy atom. The van der Waals surface area contributed by atoms with Gasteiger partial charge in [0.2, 0.25) is 0 Å². The van der Waals surface area contributed by atoms with E-state index < -0.39 is 0 Å². The molecule has 0 aliphatic rings. The van der Waals surface area contributed by atoms with E-state index in [0.717, 1.165) is 23.1 Å². The van der Waals surface area contributed by atoms with Crippen molar-refractivity contribution >= 4 is 39.0 Å². The van der Waals surface area contributed by atoms with E-state index in [4.69, 9.17) is 0 Å². The molecule has 0 amide bonds. The molecule has 1 atom stereocenters. The maximum Gasteiger partial charge on any atom is 0.0915 e. The predicted octanol–water partition coefficient (Wildman–Crippen LogP) is 3.26. The largest absolute Gasteiger partial charge is 0.309 e. The Hall–Kier alpha value is -0.300. The fourth-order valence-electron chi connectivity index (χ4n) is 1.52. The first-order chi connectivity index (χ1) is 7.79. The van der Waals surface area contributed by atoms with Crippen molar-refractivity contribution in [3.63, 3.8) is 0 Å². The molecule has 3 nitrogen and oxygen atoms in total. The maximum atomic E-state index is 4.30. The molecule has 0 aliphatic carbocycles. The lowest BCUT2D eigenvalue weighted by Gasteiger charge is -2.13. The van der Waals surface area contributed by atoms with Gasteiger partial charge in [0.1, 0.15) is 0 Å². The number of nitrogens with zero attached hydrogens (tertiary/aromatic N) is 2. The predicted molar refractivity (Wildman–Crippen MR) is 72.0 cm³/mol. The number of likely N-dealkylation sites (N-methyl/N-ethyl adjacent to an activating group) is 1. The minimum atomic E-state index is 0.272. The molecule has 0 radical (unpaired) electrons. The lowest BCUT2D eigenvalue weighted by molar-refractivity contribution is 0.543. The van der Waals surface area contributed by atoms with Crippen LogP contribution in [0.3, 0.4) is 0 Å². The number of thiophene rings is 1. The monoisotopic (exact) mass is 317 g/mol. The first-order valence-corrected chi connectivity index (χ1v) is 7.43. The normalized spacial score (nSPS) is 12.9. The second-order valence-electron chi connectivity index (χ2n) is 3.38. The highest BCUT2D eigenvalue weighted by molar-refractivity contribution is 9.10. The molecule has 2 rings (SSSR count). The van der Waals surface area contributed by atoms with E-state index in [2.05, 4.69) is 48.4 Å². The van der Waals surface area contributed by atoms with Gasteiger partial charge in [0.15, 0.2) is 0 Å².